The van der Waals surface area contributed by atoms with Gasteiger partial charge in [0.2, 0.25) is 0 Å². The van der Waals surface area contributed by atoms with Gasteiger partial charge in [-0.2, -0.15) is 0 Å². The highest BCUT2D eigenvalue weighted by Crippen LogP contribution is 2.32. The minimum atomic E-state index is 0.404. The zero-order chi connectivity index (χ0) is 15.6. The molecule has 0 aliphatic carbocycles. The Balaban J connectivity index is 1.60. The van der Waals surface area contributed by atoms with Crippen LogP contribution in [-0.4, -0.2) is 12.3 Å². The predicted octanol–water partition coefficient (Wildman–Crippen LogP) is 4.81. The van der Waals surface area contributed by atoms with E-state index in [9.17, 15) is 0 Å². The molecule has 0 fully saturated rings. The highest BCUT2D eigenvalue weighted by Gasteiger charge is 2.22. The van der Waals surface area contributed by atoms with Gasteiger partial charge in [0.25, 0.3) is 0 Å². The predicted molar refractivity (Wildman–Crippen MR) is 92.2 cm³/mol. The van der Waals surface area contributed by atoms with Crippen molar-refractivity contribution in [2.45, 2.75) is 6.61 Å². The van der Waals surface area contributed by atoms with Crippen molar-refractivity contribution >= 4 is 28.1 Å². The summed E-state index contributed by atoms with van der Waals surface area (Å²) in [5.41, 5.74) is 2.88. The molecule has 0 aromatic heterocycles. The fraction of sp³-hybridized carbons (Fsp3) is 0.105. The molecule has 0 atom stereocenters. The van der Waals surface area contributed by atoms with E-state index >= 15 is 0 Å². The molecular formula is C19H14ClNO2. The van der Waals surface area contributed by atoms with Crippen molar-refractivity contribution in [1.29, 1.82) is 0 Å². The molecule has 4 rings (SSSR count). The van der Waals surface area contributed by atoms with E-state index in [0.717, 1.165) is 28.0 Å². The van der Waals surface area contributed by atoms with Crippen LogP contribution in [0, 0.1) is 0 Å². The number of nitrogens with zero attached hydrogens (tertiary/aromatic N) is 1. The first-order chi connectivity index (χ1) is 11.3. The first kappa shape index (κ1) is 14.1. The molecule has 0 bridgehead atoms. The smallest absolute Gasteiger partial charge is 0.142 e. The molecule has 3 aromatic rings. The number of ether oxygens (including phenoxy) is 1. The van der Waals surface area contributed by atoms with E-state index in [1.54, 1.807) is 0 Å². The maximum Gasteiger partial charge on any atom is 0.142 e. The first-order valence-electron chi connectivity index (χ1n) is 7.39. The molecule has 114 valence electrons. The Bertz CT molecular complexity index is 888. The summed E-state index contributed by atoms with van der Waals surface area (Å²) in [6.45, 7) is 0.838. The highest BCUT2D eigenvalue weighted by molar-refractivity contribution is 6.30. The largest absolute Gasteiger partial charge is 0.486 e. The van der Waals surface area contributed by atoms with Gasteiger partial charge in [0.15, 0.2) is 0 Å². The lowest BCUT2D eigenvalue weighted by atomic mass is 10.0. The molecular weight excluding hydrogens is 310 g/mol. The number of oxime groups is 1. The van der Waals surface area contributed by atoms with Crippen LogP contribution in [0.15, 0.2) is 65.8 Å². The maximum atomic E-state index is 5.88. The minimum absolute atomic E-state index is 0.404. The number of fused-ring (bicyclic) bond motifs is 3. The van der Waals surface area contributed by atoms with Crippen molar-refractivity contribution in [3.8, 4) is 5.75 Å². The molecule has 0 saturated carbocycles. The Hall–Kier alpha value is -2.52. The zero-order valence-electron chi connectivity index (χ0n) is 12.3. The summed E-state index contributed by atoms with van der Waals surface area (Å²) >= 11 is 5.88. The van der Waals surface area contributed by atoms with Gasteiger partial charge in [-0.25, -0.2) is 0 Å². The summed E-state index contributed by atoms with van der Waals surface area (Å²) in [5, 5.41) is 7.31. The third-order valence-electron chi connectivity index (χ3n) is 3.86. The molecule has 4 heteroatoms. The molecule has 0 saturated heterocycles. The van der Waals surface area contributed by atoms with Crippen molar-refractivity contribution in [2.75, 3.05) is 6.61 Å². The molecule has 1 heterocycles. The van der Waals surface area contributed by atoms with Gasteiger partial charge in [-0.3, -0.25) is 0 Å². The number of rotatable bonds is 3. The second kappa shape index (κ2) is 5.94. The molecule has 23 heavy (non-hydrogen) atoms. The van der Waals surface area contributed by atoms with Crippen LogP contribution < -0.4 is 4.74 Å². The maximum absolute atomic E-state index is 5.88. The number of halogens is 1. The van der Waals surface area contributed by atoms with Crippen LogP contribution in [0.2, 0.25) is 5.02 Å². The Morgan fingerprint density at radius 3 is 2.70 bits per heavy atom. The number of hydrogen-bond donors (Lipinski definition) is 0. The van der Waals surface area contributed by atoms with Crippen LogP contribution in [0.3, 0.4) is 0 Å². The molecule has 1 aliphatic heterocycles. The molecule has 1 aliphatic rings. The van der Waals surface area contributed by atoms with E-state index in [4.69, 9.17) is 21.2 Å². The highest BCUT2D eigenvalue weighted by atomic mass is 35.5. The molecule has 0 spiro atoms. The van der Waals surface area contributed by atoms with Crippen molar-refractivity contribution in [2.24, 2.45) is 5.16 Å². The van der Waals surface area contributed by atoms with Gasteiger partial charge in [-0.1, -0.05) is 59.2 Å². The lowest BCUT2D eigenvalue weighted by molar-refractivity contribution is 0.129. The van der Waals surface area contributed by atoms with Crippen molar-refractivity contribution in [1.82, 2.24) is 0 Å². The summed E-state index contributed by atoms with van der Waals surface area (Å²) in [6, 6.07) is 19.8. The van der Waals surface area contributed by atoms with E-state index in [1.807, 2.05) is 42.5 Å². The molecule has 0 unspecified atom stereocenters. The molecule has 0 amide bonds. The fourth-order valence-electron chi connectivity index (χ4n) is 2.73. The van der Waals surface area contributed by atoms with Crippen LogP contribution >= 0.6 is 11.6 Å². The summed E-state index contributed by atoms with van der Waals surface area (Å²) in [7, 11) is 0. The Morgan fingerprint density at radius 1 is 1.00 bits per heavy atom. The zero-order valence-corrected chi connectivity index (χ0v) is 13.1. The van der Waals surface area contributed by atoms with E-state index in [0.29, 0.717) is 18.2 Å². The van der Waals surface area contributed by atoms with Crippen molar-refractivity contribution in [3.63, 3.8) is 0 Å². The SMILES string of the molecule is Clc1ccc(CON=C2COc3ccc4ccccc4c32)cc1. The average molecular weight is 324 g/mol. The number of hydrogen-bond acceptors (Lipinski definition) is 3. The third kappa shape index (κ3) is 2.76. The van der Waals surface area contributed by atoms with Gasteiger partial charge in [0.05, 0.1) is 5.56 Å². The van der Waals surface area contributed by atoms with E-state index in [2.05, 4.69) is 23.4 Å². The van der Waals surface area contributed by atoms with Gasteiger partial charge in [0.1, 0.15) is 24.7 Å². The van der Waals surface area contributed by atoms with Crippen LogP contribution in [0.4, 0.5) is 0 Å². The monoisotopic (exact) mass is 323 g/mol. The average Bonchev–Trinajstić information content (AvgIpc) is 3.00. The quantitative estimate of drug-likeness (QED) is 0.648. The topological polar surface area (TPSA) is 30.8 Å². The Kier molecular flexibility index (Phi) is 3.64. The van der Waals surface area contributed by atoms with Gasteiger partial charge < -0.3 is 9.57 Å². The van der Waals surface area contributed by atoms with Gasteiger partial charge >= 0.3 is 0 Å². The van der Waals surface area contributed by atoms with Crippen molar-refractivity contribution in [3.05, 3.63) is 76.8 Å². The second-order valence-electron chi connectivity index (χ2n) is 5.39. The summed E-state index contributed by atoms with van der Waals surface area (Å²) in [4.78, 5) is 5.51. The lowest BCUT2D eigenvalue weighted by Gasteiger charge is -2.04. The molecule has 3 aromatic carbocycles. The Labute approximate surface area is 139 Å². The summed E-state index contributed by atoms with van der Waals surface area (Å²) in [5.74, 6) is 0.859. The second-order valence-corrected chi connectivity index (χ2v) is 5.82. The standard InChI is InChI=1S/C19H14ClNO2/c20-15-8-5-13(6-9-15)11-23-21-17-12-22-18-10-7-14-3-1-2-4-16(14)19(17)18/h1-10H,11-12H2. The fourth-order valence-corrected chi connectivity index (χ4v) is 2.85. The normalized spacial score (nSPS) is 14.7. The lowest BCUT2D eigenvalue weighted by Crippen LogP contribution is -2.04. The first-order valence-corrected chi connectivity index (χ1v) is 7.77. The van der Waals surface area contributed by atoms with Crippen LogP contribution in [0.25, 0.3) is 10.8 Å². The van der Waals surface area contributed by atoms with E-state index < -0.39 is 0 Å². The Morgan fingerprint density at radius 2 is 1.83 bits per heavy atom. The van der Waals surface area contributed by atoms with Crippen LogP contribution in [-0.2, 0) is 11.4 Å². The van der Waals surface area contributed by atoms with Crippen molar-refractivity contribution < 1.29 is 9.57 Å². The molecule has 0 radical (unpaired) electrons. The summed E-state index contributed by atoms with van der Waals surface area (Å²) in [6.07, 6.45) is 0. The number of benzene rings is 3. The van der Waals surface area contributed by atoms with Gasteiger partial charge in [-0.15, -0.1) is 0 Å². The molecule has 3 nitrogen and oxygen atoms in total. The van der Waals surface area contributed by atoms with Gasteiger partial charge in [0, 0.05) is 5.02 Å². The molecule has 0 N–H and O–H groups in total. The van der Waals surface area contributed by atoms with Crippen LogP contribution in [0.1, 0.15) is 11.1 Å². The summed E-state index contributed by atoms with van der Waals surface area (Å²) < 4.78 is 5.71. The van der Waals surface area contributed by atoms with Gasteiger partial charge in [-0.05, 0) is 34.5 Å². The third-order valence-corrected chi connectivity index (χ3v) is 4.11. The van der Waals surface area contributed by atoms with E-state index in [-0.39, 0.29) is 0 Å². The van der Waals surface area contributed by atoms with Crippen LogP contribution in [0.5, 0.6) is 5.75 Å². The minimum Gasteiger partial charge on any atom is -0.486 e. The van der Waals surface area contributed by atoms with E-state index in [1.165, 1.54) is 5.39 Å².